The molecular formula is C24H24Cl2N2O4S2. The minimum absolute atomic E-state index is 0.290. The van der Waals surface area contributed by atoms with Gasteiger partial charge in [-0.1, -0.05) is 59.6 Å². The molecule has 0 radical (unpaired) electrons. The molecule has 10 heteroatoms. The first-order valence-corrected chi connectivity index (χ1v) is 14.1. The number of amides is 1. The van der Waals surface area contributed by atoms with Crippen LogP contribution < -0.4 is 14.4 Å². The van der Waals surface area contributed by atoms with Crippen molar-refractivity contribution < 1.29 is 17.9 Å². The van der Waals surface area contributed by atoms with E-state index in [4.69, 9.17) is 27.9 Å². The highest BCUT2D eigenvalue weighted by Gasteiger charge is 2.24. The number of hydrogen-bond acceptors (Lipinski definition) is 5. The molecule has 0 bridgehead atoms. The van der Waals surface area contributed by atoms with Gasteiger partial charge in [0.05, 0.1) is 22.0 Å². The van der Waals surface area contributed by atoms with Gasteiger partial charge in [-0.25, -0.2) is 8.42 Å². The number of carbonyl (C=O) groups is 1. The fourth-order valence-corrected chi connectivity index (χ4v) is 5.00. The Morgan fingerprint density at radius 1 is 1.00 bits per heavy atom. The molecule has 1 amide bonds. The van der Waals surface area contributed by atoms with Gasteiger partial charge in [0, 0.05) is 18.1 Å². The molecule has 0 fully saturated rings. The average Bonchev–Trinajstić information content (AvgIpc) is 2.80. The predicted molar refractivity (Wildman–Crippen MR) is 141 cm³/mol. The number of anilines is 1. The summed E-state index contributed by atoms with van der Waals surface area (Å²) in [5, 5.41) is 3.79. The van der Waals surface area contributed by atoms with E-state index < -0.39 is 15.9 Å². The lowest BCUT2D eigenvalue weighted by molar-refractivity contribution is -0.119. The number of ether oxygens (including phenoxy) is 1. The molecule has 6 nitrogen and oxygen atoms in total. The van der Waals surface area contributed by atoms with E-state index in [0.29, 0.717) is 39.6 Å². The van der Waals surface area contributed by atoms with Crippen LogP contribution >= 0.6 is 35.0 Å². The van der Waals surface area contributed by atoms with Gasteiger partial charge in [-0.2, -0.15) is 11.8 Å². The van der Waals surface area contributed by atoms with Gasteiger partial charge in [0.1, 0.15) is 12.3 Å². The van der Waals surface area contributed by atoms with Crippen molar-refractivity contribution >= 4 is 56.6 Å². The van der Waals surface area contributed by atoms with Gasteiger partial charge in [0.15, 0.2) is 5.75 Å². The monoisotopic (exact) mass is 538 g/mol. The Morgan fingerprint density at radius 3 is 2.41 bits per heavy atom. The molecule has 34 heavy (non-hydrogen) atoms. The first kappa shape index (κ1) is 26.2. The van der Waals surface area contributed by atoms with E-state index in [1.54, 1.807) is 54.2 Å². The number of thioether (sulfide) groups is 1. The Morgan fingerprint density at radius 2 is 1.71 bits per heavy atom. The Bertz CT molecular complexity index is 1220. The summed E-state index contributed by atoms with van der Waals surface area (Å²) in [4.78, 5) is 12.6. The van der Waals surface area contributed by atoms with Crippen LogP contribution in [-0.4, -0.2) is 39.4 Å². The molecule has 0 atom stereocenters. The number of halogens is 2. The van der Waals surface area contributed by atoms with Crippen molar-refractivity contribution in [1.29, 1.82) is 0 Å². The molecule has 0 heterocycles. The molecule has 180 valence electrons. The molecule has 3 rings (SSSR count). The highest BCUT2D eigenvalue weighted by molar-refractivity contribution is 7.98. The maximum atomic E-state index is 12.6. The Hall–Kier alpha value is -2.39. The lowest BCUT2D eigenvalue weighted by Crippen LogP contribution is -2.41. The second-order valence-electron chi connectivity index (χ2n) is 7.30. The van der Waals surface area contributed by atoms with Gasteiger partial charge < -0.3 is 10.1 Å². The third kappa shape index (κ3) is 7.84. The summed E-state index contributed by atoms with van der Waals surface area (Å²) in [7, 11) is -3.74. The second kappa shape index (κ2) is 12.4. The minimum atomic E-state index is -3.74. The number of nitrogens with one attached hydrogen (secondary N) is 1. The van der Waals surface area contributed by atoms with Crippen LogP contribution in [0, 0.1) is 0 Å². The SMILES string of the molecule is CS(=O)(=O)N(CC(=O)NCCSCc1ccc(Cl)c(Cl)c1)c1ccccc1Oc1ccccc1. The standard InChI is InChI=1S/C24H24Cl2N2O4S2/c1-34(30,31)28(22-9-5-6-10-23(22)32-19-7-3-2-4-8-19)16-24(29)27-13-14-33-17-18-11-12-20(25)21(26)15-18/h2-12,15H,13-14,16-17H2,1H3,(H,27,29). The summed E-state index contributed by atoms with van der Waals surface area (Å²) in [6, 6.07) is 21.2. The van der Waals surface area contributed by atoms with Crippen molar-refractivity contribution in [2.24, 2.45) is 0 Å². The van der Waals surface area contributed by atoms with Gasteiger partial charge >= 0.3 is 0 Å². The van der Waals surface area contributed by atoms with Crippen molar-refractivity contribution in [3.8, 4) is 11.5 Å². The highest BCUT2D eigenvalue weighted by Crippen LogP contribution is 2.33. The number of hydrogen-bond donors (Lipinski definition) is 1. The topological polar surface area (TPSA) is 75.7 Å². The predicted octanol–water partition coefficient (Wildman–Crippen LogP) is 5.60. The van der Waals surface area contributed by atoms with E-state index in [1.807, 2.05) is 30.3 Å². The van der Waals surface area contributed by atoms with E-state index in [0.717, 1.165) is 16.1 Å². The van der Waals surface area contributed by atoms with Crippen LogP contribution in [0.5, 0.6) is 11.5 Å². The molecule has 0 spiro atoms. The number of benzene rings is 3. The molecule has 1 N–H and O–H groups in total. The van der Waals surface area contributed by atoms with Crippen molar-refractivity contribution in [3.63, 3.8) is 0 Å². The first-order chi connectivity index (χ1) is 16.2. The molecule has 0 unspecified atom stereocenters. The third-order valence-electron chi connectivity index (χ3n) is 4.61. The van der Waals surface area contributed by atoms with E-state index in [9.17, 15) is 13.2 Å². The van der Waals surface area contributed by atoms with Crippen LogP contribution in [0.25, 0.3) is 0 Å². The van der Waals surface area contributed by atoms with Crippen molar-refractivity contribution in [3.05, 3.63) is 88.4 Å². The zero-order valence-electron chi connectivity index (χ0n) is 18.4. The van der Waals surface area contributed by atoms with Gasteiger partial charge in [-0.05, 0) is 42.0 Å². The van der Waals surface area contributed by atoms with Crippen LogP contribution in [0.15, 0.2) is 72.8 Å². The minimum Gasteiger partial charge on any atom is -0.455 e. The maximum Gasteiger partial charge on any atom is 0.240 e. The summed E-state index contributed by atoms with van der Waals surface area (Å²) in [5.74, 6) is 1.86. The molecular weight excluding hydrogens is 515 g/mol. The summed E-state index contributed by atoms with van der Waals surface area (Å²) in [6.45, 7) is 0.0377. The van der Waals surface area contributed by atoms with E-state index in [1.165, 1.54) is 0 Å². The van der Waals surface area contributed by atoms with Crippen molar-refractivity contribution in [2.45, 2.75) is 5.75 Å². The zero-order chi connectivity index (χ0) is 24.6. The third-order valence-corrected chi connectivity index (χ3v) is 7.51. The summed E-state index contributed by atoms with van der Waals surface area (Å²) >= 11 is 13.6. The largest absolute Gasteiger partial charge is 0.455 e. The smallest absolute Gasteiger partial charge is 0.240 e. The van der Waals surface area contributed by atoms with E-state index in [2.05, 4.69) is 5.32 Å². The van der Waals surface area contributed by atoms with Gasteiger partial charge in [0.25, 0.3) is 0 Å². The molecule has 0 aromatic heterocycles. The number of nitrogens with zero attached hydrogens (tertiary/aromatic N) is 1. The van der Waals surface area contributed by atoms with Gasteiger partial charge in [0.2, 0.25) is 15.9 Å². The summed E-state index contributed by atoms with van der Waals surface area (Å²) in [6.07, 6.45) is 1.06. The van der Waals surface area contributed by atoms with Crippen LogP contribution in [0.3, 0.4) is 0 Å². The lowest BCUT2D eigenvalue weighted by atomic mass is 10.2. The fourth-order valence-electron chi connectivity index (χ4n) is 3.01. The fraction of sp³-hybridized carbons (Fsp3) is 0.208. The average molecular weight is 540 g/mol. The quantitative estimate of drug-likeness (QED) is 0.321. The van der Waals surface area contributed by atoms with E-state index in [-0.39, 0.29) is 12.2 Å². The van der Waals surface area contributed by atoms with Crippen LogP contribution in [0.1, 0.15) is 5.56 Å². The Balaban J connectivity index is 1.58. The van der Waals surface area contributed by atoms with Crippen molar-refractivity contribution in [2.75, 3.05) is 29.4 Å². The van der Waals surface area contributed by atoms with Gasteiger partial charge in [-0.15, -0.1) is 0 Å². The lowest BCUT2D eigenvalue weighted by Gasteiger charge is -2.24. The normalized spacial score (nSPS) is 11.1. The first-order valence-electron chi connectivity index (χ1n) is 10.3. The number of rotatable bonds is 11. The number of sulfonamides is 1. The molecule has 0 aliphatic rings. The molecule has 3 aromatic rings. The summed E-state index contributed by atoms with van der Waals surface area (Å²) in [5.41, 5.74) is 1.32. The Kier molecular flexibility index (Phi) is 9.53. The molecule has 0 aliphatic carbocycles. The van der Waals surface area contributed by atoms with Crippen molar-refractivity contribution in [1.82, 2.24) is 5.32 Å². The Labute approximate surface area is 214 Å². The van der Waals surface area contributed by atoms with E-state index >= 15 is 0 Å². The van der Waals surface area contributed by atoms with Gasteiger partial charge in [-0.3, -0.25) is 9.10 Å². The second-order valence-corrected chi connectivity index (χ2v) is 11.1. The number of para-hydroxylation sites is 3. The summed E-state index contributed by atoms with van der Waals surface area (Å²) < 4.78 is 32.0. The molecule has 0 saturated carbocycles. The maximum absolute atomic E-state index is 12.6. The molecule has 0 saturated heterocycles. The number of carbonyl (C=O) groups excluding carboxylic acids is 1. The highest BCUT2D eigenvalue weighted by atomic mass is 35.5. The van der Waals surface area contributed by atoms with Crippen LogP contribution in [-0.2, 0) is 20.6 Å². The zero-order valence-corrected chi connectivity index (χ0v) is 21.6. The van der Waals surface area contributed by atoms with Crippen LogP contribution in [0.2, 0.25) is 10.0 Å². The van der Waals surface area contributed by atoms with Crippen LogP contribution in [0.4, 0.5) is 5.69 Å². The molecule has 0 aliphatic heterocycles. The molecule has 3 aromatic carbocycles.